The summed E-state index contributed by atoms with van der Waals surface area (Å²) >= 11 is 0. The van der Waals surface area contributed by atoms with E-state index in [0.29, 0.717) is 12.8 Å². The van der Waals surface area contributed by atoms with Crippen LogP contribution >= 0.6 is 0 Å². The van der Waals surface area contributed by atoms with Gasteiger partial charge < -0.3 is 20.1 Å². The molecule has 186 valence electrons. The molecular formula is C29H30N2O5. The Morgan fingerprint density at radius 3 is 2.03 bits per heavy atom. The van der Waals surface area contributed by atoms with Crippen LogP contribution < -0.4 is 10.6 Å². The van der Waals surface area contributed by atoms with Crippen LogP contribution in [-0.2, 0) is 32.1 Å². The fraction of sp³-hybridized carbons (Fsp3) is 0.276. The minimum absolute atomic E-state index is 0.119. The number of nitrogens with one attached hydrogen (secondary N) is 2. The van der Waals surface area contributed by atoms with Gasteiger partial charge in [0, 0.05) is 12.3 Å². The van der Waals surface area contributed by atoms with Crippen LogP contribution in [0.2, 0.25) is 0 Å². The summed E-state index contributed by atoms with van der Waals surface area (Å²) in [7, 11) is 1.31. The van der Waals surface area contributed by atoms with E-state index in [9.17, 15) is 14.4 Å². The van der Waals surface area contributed by atoms with E-state index in [-0.39, 0.29) is 24.3 Å². The van der Waals surface area contributed by atoms with Crippen molar-refractivity contribution >= 4 is 18.0 Å². The number of alkyl carbamates (subject to hydrolysis) is 1. The number of hydrogen-bond acceptors (Lipinski definition) is 5. The molecule has 4 rings (SSSR count). The summed E-state index contributed by atoms with van der Waals surface area (Å²) in [6.07, 6.45) is 0.377. The molecule has 0 heterocycles. The van der Waals surface area contributed by atoms with Crippen molar-refractivity contribution in [3.8, 4) is 0 Å². The molecule has 1 aliphatic carbocycles. The van der Waals surface area contributed by atoms with Gasteiger partial charge in [-0.05, 0) is 29.0 Å². The number of ether oxygens (including phenoxy) is 2. The largest absolute Gasteiger partial charge is 0.467 e. The van der Waals surface area contributed by atoms with E-state index in [2.05, 4.69) is 10.6 Å². The maximum atomic E-state index is 13.1. The zero-order valence-corrected chi connectivity index (χ0v) is 20.1. The van der Waals surface area contributed by atoms with Gasteiger partial charge in [0.15, 0.2) is 0 Å². The van der Waals surface area contributed by atoms with Crippen molar-refractivity contribution in [2.45, 2.75) is 31.5 Å². The van der Waals surface area contributed by atoms with E-state index in [4.69, 9.17) is 9.47 Å². The van der Waals surface area contributed by atoms with Gasteiger partial charge in [0.1, 0.15) is 12.6 Å². The highest BCUT2D eigenvalue weighted by atomic mass is 16.5. The molecule has 0 aliphatic heterocycles. The predicted octanol–water partition coefficient (Wildman–Crippen LogP) is 4.19. The second-order valence-electron chi connectivity index (χ2n) is 8.87. The molecule has 2 N–H and O–H groups in total. The normalized spacial score (nSPS) is 17.8. The minimum atomic E-state index is -0.787. The monoisotopic (exact) mass is 486 g/mol. The first kappa shape index (κ1) is 25.0. The van der Waals surface area contributed by atoms with E-state index < -0.39 is 24.1 Å². The number of hydrogen-bond donors (Lipinski definition) is 2. The standard InChI is InChI=1S/C29H30N2O5/c1-35-28(33)25(17-20-11-5-2-6-12-20)30-27(32)24-18-23(24)26(22-15-9-4-10-16-22)31-29(34)36-19-21-13-7-3-8-14-21/h2-16,23-26H,17-19H2,1H3,(H,30,32)(H,31,34)/t23-,24+,25+,26-/m1/s1. The summed E-state index contributed by atoms with van der Waals surface area (Å²) in [6, 6.07) is 27.2. The minimum Gasteiger partial charge on any atom is -0.467 e. The molecule has 0 spiro atoms. The number of rotatable bonds is 10. The first-order valence-corrected chi connectivity index (χ1v) is 12.0. The molecule has 1 saturated carbocycles. The van der Waals surface area contributed by atoms with Crippen molar-refractivity contribution in [3.63, 3.8) is 0 Å². The average molecular weight is 487 g/mol. The molecule has 36 heavy (non-hydrogen) atoms. The number of benzene rings is 3. The van der Waals surface area contributed by atoms with Crippen LogP contribution in [0.25, 0.3) is 0 Å². The summed E-state index contributed by atoms with van der Waals surface area (Å²) in [6.45, 7) is 0.156. The van der Waals surface area contributed by atoms with Crippen LogP contribution in [0.5, 0.6) is 0 Å². The van der Waals surface area contributed by atoms with Crippen molar-refractivity contribution in [3.05, 3.63) is 108 Å². The third kappa shape index (κ3) is 6.72. The van der Waals surface area contributed by atoms with Crippen LogP contribution in [0.3, 0.4) is 0 Å². The molecule has 0 radical (unpaired) electrons. The molecular weight excluding hydrogens is 456 g/mol. The molecule has 0 saturated heterocycles. The van der Waals surface area contributed by atoms with Crippen LogP contribution in [0.4, 0.5) is 4.79 Å². The Bertz CT molecular complexity index is 1150. The number of methoxy groups -OCH3 is 1. The predicted molar refractivity (Wildman–Crippen MR) is 135 cm³/mol. The van der Waals surface area contributed by atoms with Crippen LogP contribution in [0.15, 0.2) is 91.0 Å². The van der Waals surface area contributed by atoms with E-state index in [1.807, 2.05) is 91.0 Å². The van der Waals surface area contributed by atoms with Gasteiger partial charge in [0.05, 0.1) is 13.2 Å². The van der Waals surface area contributed by atoms with Gasteiger partial charge in [-0.2, -0.15) is 0 Å². The Morgan fingerprint density at radius 2 is 1.42 bits per heavy atom. The topological polar surface area (TPSA) is 93.7 Å². The van der Waals surface area contributed by atoms with Crippen molar-refractivity contribution < 1.29 is 23.9 Å². The second kappa shape index (κ2) is 12.0. The highest BCUT2D eigenvalue weighted by Crippen LogP contribution is 2.47. The molecule has 0 unspecified atom stereocenters. The highest BCUT2D eigenvalue weighted by Gasteiger charge is 2.49. The van der Waals surface area contributed by atoms with Crippen molar-refractivity contribution in [1.29, 1.82) is 0 Å². The smallest absolute Gasteiger partial charge is 0.407 e. The van der Waals surface area contributed by atoms with Crippen molar-refractivity contribution in [2.24, 2.45) is 11.8 Å². The Kier molecular flexibility index (Phi) is 8.34. The van der Waals surface area contributed by atoms with Gasteiger partial charge in [0.25, 0.3) is 0 Å². The molecule has 3 aromatic rings. The van der Waals surface area contributed by atoms with Crippen LogP contribution in [-0.4, -0.2) is 31.1 Å². The molecule has 2 amide bonds. The number of amides is 2. The lowest BCUT2D eigenvalue weighted by Crippen LogP contribution is -2.44. The van der Waals surface area contributed by atoms with Gasteiger partial charge in [0.2, 0.25) is 5.91 Å². The third-order valence-corrected chi connectivity index (χ3v) is 6.33. The lowest BCUT2D eigenvalue weighted by molar-refractivity contribution is -0.145. The number of carbonyl (C=O) groups is 3. The zero-order chi connectivity index (χ0) is 25.3. The number of carbonyl (C=O) groups excluding carboxylic acids is 3. The Hall–Kier alpha value is -4.13. The zero-order valence-electron chi connectivity index (χ0n) is 20.1. The van der Waals surface area contributed by atoms with Crippen molar-refractivity contribution in [2.75, 3.05) is 7.11 Å². The number of esters is 1. The second-order valence-corrected chi connectivity index (χ2v) is 8.87. The summed E-state index contributed by atoms with van der Waals surface area (Å²) in [5.41, 5.74) is 2.70. The molecule has 1 aliphatic rings. The quantitative estimate of drug-likeness (QED) is 0.419. The SMILES string of the molecule is COC(=O)[C@H](Cc1ccccc1)NC(=O)[C@H]1C[C@H]1[C@H](NC(=O)OCc1ccccc1)c1ccccc1. The first-order valence-electron chi connectivity index (χ1n) is 12.0. The Balaban J connectivity index is 1.40. The van der Waals surface area contributed by atoms with Gasteiger partial charge in [-0.25, -0.2) is 9.59 Å². The molecule has 7 nitrogen and oxygen atoms in total. The Labute approximate surface area is 210 Å². The fourth-order valence-corrected chi connectivity index (χ4v) is 4.34. The van der Waals surface area contributed by atoms with E-state index in [0.717, 1.165) is 16.7 Å². The van der Waals surface area contributed by atoms with Gasteiger partial charge in [-0.1, -0.05) is 91.0 Å². The highest BCUT2D eigenvalue weighted by molar-refractivity contribution is 5.87. The van der Waals surface area contributed by atoms with Crippen molar-refractivity contribution in [1.82, 2.24) is 10.6 Å². The lowest BCUT2D eigenvalue weighted by Gasteiger charge is -2.20. The van der Waals surface area contributed by atoms with Gasteiger partial charge in [-0.3, -0.25) is 4.79 Å². The molecule has 0 aromatic heterocycles. The summed E-state index contributed by atoms with van der Waals surface area (Å²) < 4.78 is 10.3. The molecule has 4 atom stereocenters. The molecule has 1 fully saturated rings. The lowest BCUT2D eigenvalue weighted by atomic mass is 10.0. The molecule has 3 aromatic carbocycles. The summed E-state index contributed by atoms with van der Waals surface area (Å²) in [4.78, 5) is 38.1. The fourth-order valence-electron chi connectivity index (χ4n) is 4.34. The summed E-state index contributed by atoms with van der Waals surface area (Å²) in [5.74, 6) is -1.18. The van der Waals surface area contributed by atoms with Crippen LogP contribution in [0, 0.1) is 11.8 Å². The third-order valence-electron chi connectivity index (χ3n) is 6.33. The van der Waals surface area contributed by atoms with E-state index in [1.54, 1.807) is 0 Å². The average Bonchev–Trinajstić information content (AvgIpc) is 3.72. The van der Waals surface area contributed by atoms with Crippen LogP contribution in [0.1, 0.15) is 29.2 Å². The van der Waals surface area contributed by atoms with E-state index >= 15 is 0 Å². The maximum absolute atomic E-state index is 13.1. The Morgan fingerprint density at radius 1 is 0.833 bits per heavy atom. The molecule has 0 bridgehead atoms. The summed E-state index contributed by atoms with van der Waals surface area (Å²) in [5, 5.41) is 5.80. The van der Waals surface area contributed by atoms with Gasteiger partial charge >= 0.3 is 12.1 Å². The van der Waals surface area contributed by atoms with Gasteiger partial charge in [-0.15, -0.1) is 0 Å². The maximum Gasteiger partial charge on any atom is 0.407 e. The first-order chi connectivity index (χ1) is 17.5. The van der Waals surface area contributed by atoms with E-state index in [1.165, 1.54) is 7.11 Å². The molecule has 7 heteroatoms.